The average molecular weight is 297 g/mol. The Bertz CT molecular complexity index is 820. The Morgan fingerprint density at radius 2 is 2.09 bits per heavy atom. The number of hydrogen-bond donors (Lipinski definition) is 2. The maximum Gasteiger partial charge on any atom is 0.252 e. The molecule has 6 nitrogen and oxygen atoms in total. The second-order valence-electron chi connectivity index (χ2n) is 5.61. The molecule has 1 atom stereocenters. The molecule has 3 aromatic rings. The predicted molar refractivity (Wildman–Crippen MR) is 84.5 cm³/mol. The highest BCUT2D eigenvalue weighted by atomic mass is 16.1. The topological polar surface area (TPSA) is 75.1 Å². The molecular weight excluding hydrogens is 278 g/mol. The van der Waals surface area contributed by atoms with E-state index in [0.717, 1.165) is 11.5 Å². The molecule has 22 heavy (non-hydrogen) atoms. The van der Waals surface area contributed by atoms with E-state index in [0.29, 0.717) is 18.0 Å². The van der Waals surface area contributed by atoms with Crippen LogP contribution in [0.15, 0.2) is 47.5 Å². The van der Waals surface area contributed by atoms with Gasteiger partial charge in [0.15, 0.2) is 11.5 Å². The molecule has 0 radical (unpaired) electrons. The monoisotopic (exact) mass is 297 g/mol. The molecule has 0 aromatic carbocycles. The Morgan fingerprint density at radius 1 is 1.23 bits per heavy atom. The first-order valence-electron chi connectivity index (χ1n) is 7.36. The first kappa shape index (κ1) is 14.5. The summed E-state index contributed by atoms with van der Waals surface area (Å²) < 4.78 is 1.98. The van der Waals surface area contributed by atoms with Crippen molar-refractivity contribution in [3.05, 3.63) is 64.5 Å². The summed E-state index contributed by atoms with van der Waals surface area (Å²) in [5, 5.41) is 11.9. The van der Waals surface area contributed by atoms with Crippen LogP contribution in [0.25, 0.3) is 5.65 Å². The van der Waals surface area contributed by atoms with Crippen LogP contribution in [0.3, 0.4) is 0 Å². The molecule has 0 amide bonds. The molecule has 0 aliphatic carbocycles. The maximum atomic E-state index is 11.8. The van der Waals surface area contributed by atoms with Gasteiger partial charge in [0.2, 0.25) is 0 Å². The van der Waals surface area contributed by atoms with Crippen molar-refractivity contribution in [1.82, 2.24) is 24.9 Å². The largest absolute Gasteiger partial charge is 0.329 e. The fourth-order valence-electron chi connectivity index (χ4n) is 2.51. The van der Waals surface area contributed by atoms with Crippen LogP contribution in [-0.4, -0.2) is 19.6 Å². The van der Waals surface area contributed by atoms with Gasteiger partial charge < -0.3 is 10.3 Å². The normalized spacial score (nSPS) is 12.9. The van der Waals surface area contributed by atoms with Crippen LogP contribution in [0.1, 0.15) is 31.3 Å². The second-order valence-corrected chi connectivity index (χ2v) is 5.61. The molecule has 0 aliphatic heterocycles. The van der Waals surface area contributed by atoms with Crippen molar-refractivity contribution >= 4 is 5.65 Å². The van der Waals surface area contributed by atoms with E-state index >= 15 is 0 Å². The first-order chi connectivity index (χ1) is 10.7. The number of nitrogens with zero attached hydrogens (tertiary/aromatic N) is 3. The van der Waals surface area contributed by atoms with Crippen LogP contribution >= 0.6 is 0 Å². The van der Waals surface area contributed by atoms with Gasteiger partial charge in [0, 0.05) is 24.5 Å². The molecule has 1 unspecified atom stereocenters. The first-order valence-corrected chi connectivity index (χ1v) is 7.36. The maximum absolute atomic E-state index is 11.8. The lowest BCUT2D eigenvalue weighted by Gasteiger charge is -2.20. The summed E-state index contributed by atoms with van der Waals surface area (Å²) in [7, 11) is 0. The number of fused-ring (bicyclic) bond motifs is 1. The summed E-state index contributed by atoms with van der Waals surface area (Å²) in [4.78, 5) is 14.5. The molecule has 2 N–H and O–H groups in total. The van der Waals surface area contributed by atoms with Gasteiger partial charge in [-0.2, -0.15) is 0 Å². The molecule has 0 spiro atoms. The van der Waals surface area contributed by atoms with E-state index in [1.165, 1.54) is 0 Å². The van der Waals surface area contributed by atoms with E-state index in [2.05, 4.69) is 34.3 Å². The van der Waals surface area contributed by atoms with Gasteiger partial charge in [-0.3, -0.25) is 9.20 Å². The summed E-state index contributed by atoms with van der Waals surface area (Å²) in [6.45, 7) is 4.73. The number of aromatic nitrogens is 4. The van der Waals surface area contributed by atoms with Crippen molar-refractivity contribution in [1.29, 1.82) is 0 Å². The van der Waals surface area contributed by atoms with Gasteiger partial charge in [0.1, 0.15) is 0 Å². The van der Waals surface area contributed by atoms with Gasteiger partial charge in [0.25, 0.3) is 5.56 Å². The van der Waals surface area contributed by atoms with Gasteiger partial charge in [-0.1, -0.05) is 26.0 Å². The van der Waals surface area contributed by atoms with E-state index < -0.39 is 0 Å². The molecule has 0 fully saturated rings. The van der Waals surface area contributed by atoms with Crippen molar-refractivity contribution in [3.8, 4) is 0 Å². The van der Waals surface area contributed by atoms with Gasteiger partial charge in [-0.05, 0) is 24.1 Å². The van der Waals surface area contributed by atoms with Crippen LogP contribution in [0, 0.1) is 5.92 Å². The summed E-state index contributed by atoms with van der Waals surface area (Å²) >= 11 is 0. The number of H-pyrrole nitrogens is 1. The minimum atomic E-state index is -0.0661. The molecular formula is C16H19N5O. The minimum Gasteiger partial charge on any atom is -0.329 e. The highest BCUT2D eigenvalue weighted by Crippen LogP contribution is 2.21. The van der Waals surface area contributed by atoms with E-state index in [9.17, 15) is 4.79 Å². The lowest BCUT2D eigenvalue weighted by molar-refractivity contribution is 0.389. The third kappa shape index (κ3) is 2.78. The molecule has 0 aliphatic rings. The Balaban J connectivity index is 1.87. The van der Waals surface area contributed by atoms with Crippen LogP contribution in [0.4, 0.5) is 0 Å². The SMILES string of the molecule is CC(C)C(NCc1ccc[nH]c1=O)c1nnc2ccccn12. The average Bonchev–Trinajstić information content (AvgIpc) is 2.93. The van der Waals surface area contributed by atoms with Crippen LogP contribution in [-0.2, 0) is 6.54 Å². The standard InChI is InChI=1S/C16H19N5O/c1-11(2)14(18-10-12-6-5-8-17-16(12)22)15-20-19-13-7-3-4-9-21(13)15/h3-9,11,14,18H,10H2,1-2H3,(H,17,22). The van der Waals surface area contributed by atoms with E-state index in [1.807, 2.05) is 40.9 Å². The molecule has 3 rings (SSSR count). The summed E-state index contributed by atoms with van der Waals surface area (Å²) in [5.74, 6) is 1.17. The smallest absolute Gasteiger partial charge is 0.252 e. The van der Waals surface area contributed by atoms with Crippen molar-refractivity contribution in [3.63, 3.8) is 0 Å². The lowest BCUT2D eigenvalue weighted by Crippen LogP contribution is -2.29. The molecule has 114 valence electrons. The molecule has 3 heterocycles. The number of nitrogens with one attached hydrogen (secondary N) is 2. The fraction of sp³-hybridized carbons (Fsp3) is 0.312. The minimum absolute atomic E-state index is 0.0111. The Labute approximate surface area is 128 Å². The number of rotatable bonds is 5. The van der Waals surface area contributed by atoms with E-state index in [-0.39, 0.29) is 11.6 Å². The Morgan fingerprint density at radius 3 is 2.86 bits per heavy atom. The summed E-state index contributed by atoms with van der Waals surface area (Å²) in [6.07, 6.45) is 3.59. The van der Waals surface area contributed by atoms with Gasteiger partial charge in [-0.25, -0.2) is 0 Å². The van der Waals surface area contributed by atoms with Crippen LogP contribution < -0.4 is 10.9 Å². The van der Waals surface area contributed by atoms with Gasteiger partial charge in [0.05, 0.1) is 6.04 Å². The zero-order valence-electron chi connectivity index (χ0n) is 12.7. The van der Waals surface area contributed by atoms with E-state index in [4.69, 9.17) is 0 Å². The van der Waals surface area contributed by atoms with Crippen molar-refractivity contribution in [2.75, 3.05) is 0 Å². The fourth-order valence-corrected chi connectivity index (χ4v) is 2.51. The third-order valence-electron chi connectivity index (χ3n) is 3.70. The summed E-state index contributed by atoms with van der Waals surface area (Å²) in [5.41, 5.74) is 1.47. The molecule has 6 heteroatoms. The van der Waals surface area contributed by atoms with Crippen LogP contribution in [0.5, 0.6) is 0 Å². The highest BCUT2D eigenvalue weighted by molar-refractivity contribution is 5.37. The van der Waals surface area contributed by atoms with Gasteiger partial charge in [-0.15, -0.1) is 10.2 Å². The summed E-state index contributed by atoms with van der Waals surface area (Å²) in [6, 6.07) is 9.49. The number of aromatic amines is 1. The van der Waals surface area contributed by atoms with Crippen molar-refractivity contribution in [2.45, 2.75) is 26.4 Å². The Hall–Kier alpha value is -2.47. The lowest BCUT2D eigenvalue weighted by atomic mass is 10.0. The molecule has 3 aromatic heterocycles. The second kappa shape index (κ2) is 6.11. The third-order valence-corrected chi connectivity index (χ3v) is 3.70. The molecule has 0 saturated carbocycles. The van der Waals surface area contributed by atoms with Crippen LogP contribution in [0.2, 0.25) is 0 Å². The number of hydrogen-bond acceptors (Lipinski definition) is 4. The van der Waals surface area contributed by atoms with Crippen molar-refractivity contribution in [2.24, 2.45) is 5.92 Å². The highest BCUT2D eigenvalue weighted by Gasteiger charge is 2.21. The predicted octanol–water partition coefficient (Wildman–Crippen LogP) is 1.90. The molecule has 0 bridgehead atoms. The quantitative estimate of drug-likeness (QED) is 0.754. The van der Waals surface area contributed by atoms with Crippen molar-refractivity contribution < 1.29 is 0 Å². The van der Waals surface area contributed by atoms with Gasteiger partial charge >= 0.3 is 0 Å². The van der Waals surface area contributed by atoms with E-state index in [1.54, 1.807) is 6.20 Å². The molecule has 0 saturated heterocycles. The zero-order chi connectivity index (χ0) is 15.5. The zero-order valence-corrected chi connectivity index (χ0v) is 12.7. The Kier molecular flexibility index (Phi) is 4.02. The number of pyridine rings is 2.